The zero-order chi connectivity index (χ0) is 11.8. The Morgan fingerprint density at radius 1 is 1.31 bits per heavy atom. The van der Waals surface area contributed by atoms with Crippen molar-refractivity contribution in [1.29, 1.82) is 0 Å². The molecule has 1 saturated carbocycles. The molecule has 4 nitrogen and oxygen atoms in total. The predicted octanol–water partition coefficient (Wildman–Crippen LogP) is 1.38. The molecule has 0 radical (unpaired) electrons. The highest BCUT2D eigenvalue weighted by atomic mass is 16.5. The van der Waals surface area contributed by atoms with E-state index in [1.807, 2.05) is 0 Å². The maximum Gasteiger partial charge on any atom is 0.373 e. The number of hydrogen-bond donors (Lipinski definition) is 1. The van der Waals surface area contributed by atoms with Gasteiger partial charge in [-0.3, -0.25) is 4.79 Å². The molecule has 0 unspecified atom stereocenters. The van der Waals surface area contributed by atoms with Crippen molar-refractivity contribution in [2.45, 2.75) is 18.3 Å². The van der Waals surface area contributed by atoms with Gasteiger partial charge >= 0.3 is 5.97 Å². The van der Waals surface area contributed by atoms with Crippen LogP contribution in [0.5, 0.6) is 5.75 Å². The van der Waals surface area contributed by atoms with Gasteiger partial charge in [-0.1, -0.05) is 18.2 Å². The van der Waals surface area contributed by atoms with Gasteiger partial charge in [-0.05, 0) is 18.9 Å². The van der Waals surface area contributed by atoms with E-state index < -0.39 is 17.2 Å². The van der Waals surface area contributed by atoms with Crippen LogP contribution in [-0.2, 0) is 15.0 Å². The first-order chi connectivity index (χ1) is 7.62. The number of Topliss-reactive ketones (excluding diaryl/α,β-unsaturated/α-hetero) is 1. The summed E-state index contributed by atoms with van der Waals surface area (Å²) in [6, 6.07) is 7.08. The monoisotopic (exact) mass is 220 g/mol. The van der Waals surface area contributed by atoms with Crippen molar-refractivity contribution in [2.75, 3.05) is 7.11 Å². The Morgan fingerprint density at radius 3 is 2.44 bits per heavy atom. The third kappa shape index (κ3) is 1.46. The molecule has 0 heterocycles. The molecule has 2 rings (SSSR count). The molecule has 4 heteroatoms. The van der Waals surface area contributed by atoms with E-state index >= 15 is 0 Å². The fourth-order valence-electron chi connectivity index (χ4n) is 1.99. The molecule has 1 aromatic carbocycles. The number of para-hydroxylation sites is 1. The number of ether oxygens (including phenoxy) is 1. The fourth-order valence-corrected chi connectivity index (χ4v) is 1.99. The highest BCUT2D eigenvalue weighted by Crippen LogP contribution is 2.51. The summed E-state index contributed by atoms with van der Waals surface area (Å²) >= 11 is 0. The SMILES string of the molecule is COc1ccccc1C1(C(=O)C(=O)O)CC1. The molecule has 1 aromatic rings. The Balaban J connectivity index is 2.44. The summed E-state index contributed by atoms with van der Waals surface area (Å²) < 4.78 is 5.16. The normalized spacial score (nSPS) is 16.6. The zero-order valence-electron chi connectivity index (χ0n) is 8.90. The number of carboxylic acid groups (broad SMARTS) is 1. The van der Waals surface area contributed by atoms with Crippen molar-refractivity contribution in [2.24, 2.45) is 0 Å². The number of rotatable bonds is 4. The molecule has 0 aliphatic heterocycles. The summed E-state index contributed by atoms with van der Waals surface area (Å²) in [5.41, 5.74) is -0.164. The molecule has 0 spiro atoms. The maximum absolute atomic E-state index is 11.6. The van der Waals surface area contributed by atoms with Gasteiger partial charge in [-0.25, -0.2) is 4.79 Å². The van der Waals surface area contributed by atoms with Gasteiger partial charge in [-0.2, -0.15) is 0 Å². The van der Waals surface area contributed by atoms with Crippen LogP contribution in [0.15, 0.2) is 24.3 Å². The number of aliphatic carboxylic acids is 1. The minimum absolute atomic E-state index is 0.578. The smallest absolute Gasteiger partial charge is 0.373 e. The summed E-state index contributed by atoms with van der Waals surface area (Å²) in [4.78, 5) is 22.4. The molecule has 1 fully saturated rings. The van der Waals surface area contributed by atoms with Gasteiger partial charge in [0.15, 0.2) is 0 Å². The van der Waals surface area contributed by atoms with Crippen LogP contribution >= 0.6 is 0 Å². The Hall–Kier alpha value is -1.84. The van der Waals surface area contributed by atoms with Crippen LogP contribution in [0.2, 0.25) is 0 Å². The molecule has 0 aromatic heterocycles. The van der Waals surface area contributed by atoms with Crippen molar-refractivity contribution in [3.63, 3.8) is 0 Å². The number of hydrogen-bond acceptors (Lipinski definition) is 3. The topological polar surface area (TPSA) is 63.6 Å². The molecular formula is C12H12O4. The molecule has 0 atom stereocenters. The molecule has 16 heavy (non-hydrogen) atoms. The Bertz CT molecular complexity index is 446. The Labute approximate surface area is 92.8 Å². The highest BCUT2D eigenvalue weighted by molar-refractivity contribution is 6.37. The van der Waals surface area contributed by atoms with Crippen molar-refractivity contribution in [1.82, 2.24) is 0 Å². The number of methoxy groups -OCH3 is 1. The van der Waals surface area contributed by atoms with E-state index in [2.05, 4.69) is 0 Å². The largest absolute Gasteiger partial charge is 0.496 e. The van der Waals surface area contributed by atoms with Crippen molar-refractivity contribution >= 4 is 11.8 Å². The van der Waals surface area contributed by atoms with E-state index in [4.69, 9.17) is 9.84 Å². The molecule has 0 amide bonds. The molecule has 0 saturated heterocycles. The minimum atomic E-state index is -1.37. The number of benzene rings is 1. The number of carbonyl (C=O) groups excluding carboxylic acids is 1. The van der Waals surface area contributed by atoms with Gasteiger partial charge in [-0.15, -0.1) is 0 Å². The average molecular weight is 220 g/mol. The summed E-state index contributed by atoms with van der Waals surface area (Å²) in [7, 11) is 1.51. The number of ketones is 1. The van der Waals surface area contributed by atoms with Gasteiger partial charge in [0.25, 0.3) is 0 Å². The van der Waals surface area contributed by atoms with Crippen LogP contribution in [0.25, 0.3) is 0 Å². The van der Waals surface area contributed by atoms with Crippen LogP contribution in [0.1, 0.15) is 18.4 Å². The van der Waals surface area contributed by atoms with E-state index in [9.17, 15) is 9.59 Å². The molecule has 1 aliphatic rings. The van der Waals surface area contributed by atoms with E-state index in [0.29, 0.717) is 24.2 Å². The second kappa shape index (κ2) is 3.63. The lowest BCUT2D eigenvalue weighted by atomic mass is 9.90. The number of carbonyl (C=O) groups is 2. The lowest BCUT2D eigenvalue weighted by molar-refractivity contribution is -0.150. The molecule has 1 N–H and O–H groups in total. The quantitative estimate of drug-likeness (QED) is 0.778. The van der Waals surface area contributed by atoms with Crippen molar-refractivity contribution < 1.29 is 19.4 Å². The highest BCUT2D eigenvalue weighted by Gasteiger charge is 2.55. The van der Waals surface area contributed by atoms with E-state index in [0.717, 1.165) is 0 Å². The lowest BCUT2D eigenvalue weighted by Crippen LogP contribution is -2.28. The molecule has 1 aliphatic carbocycles. The van der Waals surface area contributed by atoms with Gasteiger partial charge in [0.05, 0.1) is 12.5 Å². The summed E-state index contributed by atoms with van der Waals surface area (Å²) in [5.74, 6) is -1.53. The minimum Gasteiger partial charge on any atom is -0.496 e. The van der Waals surface area contributed by atoms with Crippen LogP contribution < -0.4 is 4.74 Å². The first-order valence-electron chi connectivity index (χ1n) is 5.03. The van der Waals surface area contributed by atoms with Gasteiger partial charge in [0.2, 0.25) is 5.78 Å². The summed E-state index contributed by atoms with van der Waals surface area (Å²) in [6.07, 6.45) is 1.16. The van der Waals surface area contributed by atoms with Crippen LogP contribution in [0, 0.1) is 0 Å². The van der Waals surface area contributed by atoms with Crippen molar-refractivity contribution in [3.05, 3.63) is 29.8 Å². The van der Waals surface area contributed by atoms with Crippen molar-refractivity contribution in [3.8, 4) is 5.75 Å². The van der Waals surface area contributed by atoms with E-state index in [-0.39, 0.29) is 0 Å². The van der Waals surface area contributed by atoms with Crippen LogP contribution in [-0.4, -0.2) is 24.0 Å². The Kier molecular flexibility index (Phi) is 2.42. The van der Waals surface area contributed by atoms with E-state index in [1.54, 1.807) is 24.3 Å². The summed E-state index contributed by atoms with van der Waals surface area (Å²) in [6.45, 7) is 0. The predicted molar refractivity (Wildman–Crippen MR) is 56.5 cm³/mol. The third-order valence-corrected chi connectivity index (χ3v) is 3.00. The molecule has 84 valence electrons. The van der Waals surface area contributed by atoms with Gasteiger partial charge in [0, 0.05) is 5.56 Å². The van der Waals surface area contributed by atoms with Crippen LogP contribution in [0.4, 0.5) is 0 Å². The first-order valence-corrected chi connectivity index (χ1v) is 5.03. The standard InChI is InChI=1S/C12H12O4/c1-16-9-5-3-2-4-8(9)12(6-7-12)10(13)11(14)15/h2-5H,6-7H2,1H3,(H,14,15). The summed E-state index contributed by atoms with van der Waals surface area (Å²) in [5, 5.41) is 8.79. The number of carboxylic acids is 1. The third-order valence-electron chi connectivity index (χ3n) is 3.00. The molecule has 0 bridgehead atoms. The maximum atomic E-state index is 11.6. The fraction of sp³-hybridized carbons (Fsp3) is 0.333. The average Bonchev–Trinajstić information content (AvgIpc) is 3.09. The van der Waals surface area contributed by atoms with E-state index in [1.165, 1.54) is 7.11 Å². The second-order valence-electron chi connectivity index (χ2n) is 3.92. The molecular weight excluding hydrogens is 208 g/mol. The second-order valence-corrected chi connectivity index (χ2v) is 3.92. The van der Waals surface area contributed by atoms with Crippen LogP contribution in [0.3, 0.4) is 0 Å². The lowest BCUT2D eigenvalue weighted by Gasteiger charge is -2.15. The Morgan fingerprint density at radius 2 is 1.94 bits per heavy atom. The zero-order valence-corrected chi connectivity index (χ0v) is 8.90. The first kappa shape index (κ1) is 10.7. The van der Waals surface area contributed by atoms with Gasteiger partial charge in [0.1, 0.15) is 5.75 Å². The van der Waals surface area contributed by atoms with Gasteiger partial charge < -0.3 is 9.84 Å².